The molecular weight excluding hydrogens is 336 g/mol. The minimum atomic E-state index is -0.709. The van der Waals surface area contributed by atoms with Gasteiger partial charge >= 0.3 is 0 Å². The van der Waals surface area contributed by atoms with E-state index in [4.69, 9.17) is 21.7 Å². The highest BCUT2D eigenvalue weighted by Gasteiger charge is 2.06. The van der Waals surface area contributed by atoms with Gasteiger partial charge in [-0.15, -0.1) is 0 Å². The standard InChI is InChI=1S/C16H15F2N3O2S/c1-22-14-7-6-10(8-15(14)23-2)20-16(24)21-19-9-11-12(17)4-3-5-13(11)18/h3-9H,1-2H3,(H2,20,21,24)/b19-9-. The summed E-state index contributed by atoms with van der Waals surface area (Å²) in [5, 5.41) is 6.74. The van der Waals surface area contributed by atoms with Crippen molar-refractivity contribution in [2.24, 2.45) is 5.10 Å². The number of anilines is 1. The summed E-state index contributed by atoms with van der Waals surface area (Å²) in [6.07, 6.45) is 1.02. The molecule has 0 unspecified atom stereocenters. The van der Waals surface area contributed by atoms with Crippen LogP contribution in [0.5, 0.6) is 11.5 Å². The van der Waals surface area contributed by atoms with Crippen molar-refractivity contribution in [3.8, 4) is 11.5 Å². The first-order valence-corrected chi connectivity index (χ1v) is 7.22. The summed E-state index contributed by atoms with van der Waals surface area (Å²) in [6.45, 7) is 0. The molecule has 126 valence electrons. The third-order valence-electron chi connectivity index (χ3n) is 3.00. The minimum Gasteiger partial charge on any atom is -0.493 e. The van der Waals surface area contributed by atoms with Gasteiger partial charge in [-0.2, -0.15) is 5.10 Å². The van der Waals surface area contributed by atoms with E-state index in [1.54, 1.807) is 18.2 Å². The third-order valence-corrected chi connectivity index (χ3v) is 3.19. The Morgan fingerprint density at radius 2 is 1.75 bits per heavy atom. The summed E-state index contributed by atoms with van der Waals surface area (Å²) >= 11 is 5.06. The van der Waals surface area contributed by atoms with Crippen LogP contribution < -0.4 is 20.2 Å². The van der Waals surface area contributed by atoms with Crippen molar-refractivity contribution in [2.75, 3.05) is 19.5 Å². The summed E-state index contributed by atoms with van der Waals surface area (Å²) in [5.74, 6) is -0.309. The Morgan fingerprint density at radius 1 is 1.08 bits per heavy atom. The van der Waals surface area contributed by atoms with Crippen molar-refractivity contribution < 1.29 is 18.3 Å². The first-order chi connectivity index (χ1) is 11.5. The molecule has 0 fully saturated rings. The van der Waals surface area contributed by atoms with Gasteiger partial charge in [0.05, 0.1) is 26.0 Å². The number of hydrogen-bond donors (Lipinski definition) is 2. The summed E-state index contributed by atoms with van der Waals surface area (Å²) in [5.41, 5.74) is 2.87. The zero-order valence-electron chi connectivity index (χ0n) is 13.0. The largest absolute Gasteiger partial charge is 0.493 e. The van der Waals surface area contributed by atoms with Crippen LogP contribution in [-0.2, 0) is 0 Å². The predicted molar refractivity (Wildman–Crippen MR) is 92.9 cm³/mol. The normalized spacial score (nSPS) is 10.5. The van der Waals surface area contributed by atoms with Crippen molar-refractivity contribution in [3.63, 3.8) is 0 Å². The molecule has 2 aromatic carbocycles. The fourth-order valence-corrected chi connectivity index (χ4v) is 2.03. The fourth-order valence-electron chi connectivity index (χ4n) is 1.86. The summed E-state index contributed by atoms with van der Waals surface area (Å²) in [7, 11) is 3.05. The van der Waals surface area contributed by atoms with E-state index in [-0.39, 0.29) is 10.7 Å². The van der Waals surface area contributed by atoms with Gasteiger partial charge in [0.25, 0.3) is 0 Å². The van der Waals surface area contributed by atoms with E-state index in [2.05, 4.69) is 15.8 Å². The second-order valence-corrected chi connectivity index (χ2v) is 4.94. The molecular formula is C16H15F2N3O2S. The van der Waals surface area contributed by atoms with Gasteiger partial charge < -0.3 is 14.8 Å². The lowest BCUT2D eigenvalue weighted by atomic mass is 10.2. The van der Waals surface area contributed by atoms with E-state index in [9.17, 15) is 8.78 Å². The second-order valence-electron chi connectivity index (χ2n) is 4.53. The smallest absolute Gasteiger partial charge is 0.191 e. The van der Waals surface area contributed by atoms with E-state index in [0.717, 1.165) is 18.3 Å². The van der Waals surface area contributed by atoms with E-state index in [0.29, 0.717) is 17.2 Å². The van der Waals surface area contributed by atoms with Crippen LogP contribution in [0.4, 0.5) is 14.5 Å². The Morgan fingerprint density at radius 3 is 2.38 bits per heavy atom. The van der Waals surface area contributed by atoms with E-state index < -0.39 is 11.6 Å². The molecule has 0 radical (unpaired) electrons. The lowest BCUT2D eigenvalue weighted by Crippen LogP contribution is -2.24. The number of rotatable bonds is 5. The predicted octanol–water partition coefficient (Wildman–Crippen LogP) is 3.30. The highest BCUT2D eigenvalue weighted by Crippen LogP contribution is 2.29. The molecule has 0 aliphatic carbocycles. The third kappa shape index (κ3) is 4.39. The topological polar surface area (TPSA) is 54.9 Å². The zero-order chi connectivity index (χ0) is 17.5. The molecule has 0 aromatic heterocycles. The molecule has 0 heterocycles. The minimum absolute atomic E-state index is 0.148. The maximum Gasteiger partial charge on any atom is 0.191 e. The van der Waals surface area contributed by atoms with Crippen LogP contribution in [0, 0.1) is 11.6 Å². The Bertz CT molecular complexity index is 749. The highest BCUT2D eigenvalue weighted by molar-refractivity contribution is 7.80. The van der Waals surface area contributed by atoms with Gasteiger partial charge in [0, 0.05) is 11.8 Å². The van der Waals surface area contributed by atoms with E-state index >= 15 is 0 Å². The van der Waals surface area contributed by atoms with Crippen molar-refractivity contribution in [1.29, 1.82) is 0 Å². The molecule has 0 amide bonds. The molecule has 2 N–H and O–H groups in total. The van der Waals surface area contributed by atoms with Crippen LogP contribution in [0.1, 0.15) is 5.56 Å². The number of nitrogens with one attached hydrogen (secondary N) is 2. The van der Waals surface area contributed by atoms with Crippen LogP contribution in [0.25, 0.3) is 0 Å². The van der Waals surface area contributed by atoms with Crippen LogP contribution >= 0.6 is 12.2 Å². The number of halogens is 2. The number of hydrazone groups is 1. The van der Waals surface area contributed by atoms with Crippen molar-refractivity contribution in [3.05, 3.63) is 53.6 Å². The fraction of sp³-hybridized carbons (Fsp3) is 0.125. The van der Waals surface area contributed by atoms with Crippen LogP contribution in [-0.4, -0.2) is 25.5 Å². The lowest BCUT2D eigenvalue weighted by molar-refractivity contribution is 0.355. The Balaban J connectivity index is 2.00. The number of ether oxygens (including phenoxy) is 2. The Kier molecular flexibility index (Phi) is 6.02. The summed E-state index contributed by atoms with van der Waals surface area (Å²) in [6, 6.07) is 8.69. The first kappa shape index (κ1) is 17.6. The second kappa shape index (κ2) is 8.21. The molecule has 5 nitrogen and oxygen atoms in total. The van der Waals surface area contributed by atoms with Crippen LogP contribution in [0.15, 0.2) is 41.5 Å². The van der Waals surface area contributed by atoms with Crippen LogP contribution in [0.3, 0.4) is 0 Å². The van der Waals surface area contributed by atoms with E-state index in [1.165, 1.54) is 20.3 Å². The molecule has 2 rings (SSSR count). The Labute approximate surface area is 143 Å². The maximum absolute atomic E-state index is 13.4. The molecule has 24 heavy (non-hydrogen) atoms. The molecule has 0 aliphatic rings. The summed E-state index contributed by atoms with van der Waals surface area (Å²) in [4.78, 5) is 0. The summed E-state index contributed by atoms with van der Waals surface area (Å²) < 4.78 is 37.2. The van der Waals surface area contributed by atoms with Gasteiger partial charge in [-0.1, -0.05) is 6.07 Å². The molecule has 0 saturated carbocycles. The van der Waals surface area contributed by atoms with Crippen molar-refractivity contribution in [1.82, 2.24) is 5.43 Å². The molecule has 2 aromatic rings. The number of hydrogen-bond acceptors (Lipinski definition) is 4. The van der Waals surface area contributed by atoms with Gasteiger partial charge in [-0.3, -0.25) is 5.43 Å². The number of thiocarbonyl (C=S) groups is 1. The highest BCUT2D eigenvalue weighted by atomic mass is 32.1. The van der Waals surface area contributed by atoms with Gasteiger partial charge in [-0.25, -0.2) is 8.78 Å². The van der Waals surface area contributed by atoms with Gasteiger partial charge in [0.15, 0.2) is 16.6 Å². The lowest BCUT2D eigenvalue weighted by Gasteiger charge is -2.11. The Hall–Kier alpha value is -2.74. The number of nitrogens with zero attached hydrogens (tertiary/aromatic N) is 1. The monoisotopic (exact) mass is 351 g/mol. The molecule has 0 atom stereocenters. The number of methoxy groups -OCH3 is 2. The van der Waals surface area contributed by atoms with E-state index in [1.807, 2.05) is 0 Å². The number of benzene rings is 2. The molecule has 0 saturated heterocycles. The quantitative estimate of drug-likeness (QED) is 0.492. The zero-order valence-corrected chi connectivity index (χ0v) is 13.8. The average Bonchev–Trinajstić information content (AvgIpc) is 2.57. The molecule has 0 aliphatic heterocycles. The van der Waals surface area contributed by atoms with Crippen LogP contribution in [0.2, 0.25) is 0 Å². The van der Waals surface area contributed by atoms with Gasteiger partial charge in [0.1, 0.15) is 11.6 Å². The van der Waals surface area contributed by atoms with Gasteiger partial charge in [0.2, 0.25) is 0 Å². The van der Waals surface area contributed by atoms with Crippen molar-refractivity contribution >= 4 is 29.2 Å². The SMILES string of the molecule is COc1ccc(NC(=S)N/N=C\c2c(F)cccc2F)cc1OC. The maximum atomic E-state index is 13.4. The van der Waals surface area contributed by atoms with Gasteiger partial charge in [-0.05, 0) is 36.5 Å². The molecule has 0 bridgehead atoms. The first-order valence-electron chi connectivity index (χ1n) is 6.81. The van der Waals surface area contributed by atoms with Crippen molar-refractivity contribution in [2.45, 2.75) is 0 Å². The molecule has 0 spiro atoms. The average molecular weight is 351 g/mol. The molecule has 8 heteroatoms.